The summed E-state index contributed by atoms with van der Waals surface area (Å²) in [4.78, 5) is 52.5. The van der Waals surface area contributed by atoms with Crippen LogP contribution in [0, 0.1) is 37.0 Å². The molecule has 2 N–H and O–H groups in total. The number of aryl methyl sites for hydroxylation is 2. The van der Waals surface area contributed by atoms with Crippen LogP contribution >= 0.6 is 0 Å². The first kappa shape index (κ1) is 35.0. The molecule has 3 fully saturated rings. The highest BCUT2D eigenvalue weighted by Gasteiger charge is 2.48. The number of aromatic amines is 1. The SMILES string of the molecule is CCC1(C(=O)N2CCN(c3ccc(-c4cc(C(=O)NCc5c(C)cc(C)[nH]c5=O)c5cnn(C(C)C)c5c4)cn3)CC2)CC2CC(C)CC(C2)C1. The maximum absolute atomic E-state index is 14.1. The summed E-state index contributed by atoms with van der Waals surface area (Å²) in [5.41, 5.74) is 4.92. The zero-order valence-corrected chi connectivity index (χ0v) is 31.1. The fraction of sp³-hybridized carbons (Fsp3) is 0.537. The summed E-state index contributed by atoms with van der Waals surface area (Å²) in [6.45, 7) is 15.6. The molecule has 4 heterocycles. The molecular formula is C41H53N7O3. The molecular weight excluding hydrogens is 638 g/mol. The molecule has 3 aromatic heterocycles. The third-order valence-corrected chi connectivity index (χ3v) is 12.0. The first-order chi connectivity index (χ1) is 24.4. The molecule has 2 aliphatic carbocycles. The van der Waals surface area contributed by atoms with E-state index in [9.17, 15) is 14.4 Å². The van der Waals surface area contributed by atoms with E-state index in [1.807, 2.05) is 42.9 Å². The average molecular weight is 692 g/mol. The van der Waals surface area contributed by atoms with Crippen LogP contribution in [0.2, 0.25) is 0 Å². The van der Waals surface area contributed by atoms with Gasteiger partial charge in [0.1, 0.15) is 5.82 Å². The molecule has 2 amide bonds. The Labute approximate surface area is 301 Å². The van der Waals surface area contributed by atoms with E-state index in [2.05, 4.69) is 65.0 Å². The predicted molar refractivity (Wildman–Crippen MR) is 202 cm³/mol. The lowest BCUT2D eigenvalue weighted by molar-refractivity contribution is -0.149. The van der Waals surface area contributed by atoms with Gasteiger partial charge in [-0.3, -0.25) is 19.1 Å². The van der Waals surface area contributed by atoms with Crippen LogP contribution in [0.3, 0.4) is 0 Å². The van der Waals surface area contributed by atoms with Gasteiger partial charge in [0.05, 0.1) is 17.3 Å². The van der Waals surface area contributed by atoms with Crippen LogP contribution in [-0.2, 0) is 11.3 Å². The first-order valence-electron chi connectivity index (χ1n) is 18.9. The Morgan fingerprint density at radius 1 is 0.980 bits per heavy atom. The van der Waals surface area contributed by atoms with E-state index in [0.717, 1.165) is 90.5 Å². The van der Waals surface area contributed by atoms with Crippen molar-refractivity contribution in [2.75, 3.05) is 31.1 Å². The number of carbonyl (C=O) groups is 2. The van der Waals surface area contributed by atoms with E-state index < -0.39 is 0 Å². The second-order valence-corrected chi connectivity index (χ2v) is 16.0. The Morgan fingerprint density at radius 2 is 1.71 bits per heavy atom. The van der Waals surface area contributed by atoms with Crippen molar-refractivity contribution in [3.8, 4) is 11.1 Å². The van der Waals surface area contributed by atoms with Crippen LogP contribution in [0.25, 0.3) is 22.0 Å². The first-order valence-corrected chi connectivity index (χ1v) is 18.9. The number of nitrogens with zero attached hydrogens (tertiary/aromatic N) is 5. The van der Waals surface area contributed by atoms with Gasteiger partial charge in [-0.1, -0.05) is 13.8 Å². The second kappa shape index (κ2) is 13.9. The Bertz CT molecular complexity index is 1970. The van der Waals surface area contributed by atoms with Gasteiger partial charge in [0.15, 0.2) is 0 Å². The Balaban J connectivity index is 1.07. The minimum atomic E-state index is -0.266. The minimum absolute atomic E-state index is 0.0992. The number of pyridine rings is 2. The van der Waals surface area contributed by atoms with Gasteiger partial charge >= 0.3 is 0 Å². The molecule has 2 unspecified atom stereocenters. The molecule has 2 atom stereocenters. The van der Waals surface area contributed by atoms with Crippen LogP contribution in [-0.4, -0.2) is 62.6 Å². The second-order valence-electron chi connectivity index (χ2n) is 16.0. The Kier molecular flexibility index (Phi) is 9.54. The Morgan fingerprint density at radius 3 is 2.33 bits per heavy atom. The maximum atomic E-state index is 14.1. The number of H-pyrrole nitrogens is 1. The highest BCUT2D eigenvalue weighted by molar-refractivity contribution is 6.08. The van der Waals surface area contributed by atoms with Crippen molar-refractivity contribution in [3.05, 3.63) is 75.5 Å². The van der Waals surface area contributed by atoms with Gasteiger partial charge in [-0.25, -0.2) is 4.98 Å². The van der Waals surface area contributed by atoms with E-state index in [1.165, 1.54) is 19.3 Å². The average Bonchev–Trinajstić information content (AvgIpc) is 3.54. The molecule has 0 radical (unpaired) electrons. The molecule has 7 rings (SSSR count). The number of amides is 2. The van der Waals surface area contributed by atoms with Crippen LogP contribution in [0.4, 0.5) is 5.82 Å². The largest absolute Gasteiger partial charge is 0.353 e. The number of hydrogen-bond donors (Lipinski definition) is 2. The van der Waals surface area contributed by atoms with E-state index in [1.54, 1.807) is 6.20 Å². The van der Waals surface area contributed by atoms with Crippen molar-refractivity contribution in [1.82, 2.24) is 30.0 Å². The van der Waals surface area contributed by atoms with Crippen molar-refractivity contribution >= 4 is 28.5 Å². The number of fused-ring (bicyclic) bond motifs is 3. The maximum Gasteiger partial charge on any atom is 0.253 e. The summed E-state index contributed by atoms with van der Waals surface area (Å²) < 4.78 is 1.93. The number of nitrogens with one attached hydrogen (secondary N) is 2. The molecule has 10 heteroatoms. The zero-order chi connectivity index (χ0) is 36.0. The number of anilines is 1. The molecule has 0 spiro atoms. The molecule has 270 valence electrons. The van der Waals surface area contributed by atoms with Crippen LogP contribution in [0.15, 0.2) is 47.5 Å². The number of piperazine rings is 1. The van der Waals surface area contributed by atoms with Gasteiger partial charge in [0.2, 0.25) is 5.91 Å². The third-order valence-electron chi connectivity index (χ3n) is 12.0. The number of benzene rings is 1. The van der Waals surface area contributed by atoms with Gasteiger partial charge in [-0.05, 0) is 125 Å². The fourth-order valence-electron chi connectivity index (χ4n) is 9.53. The monoisotopic (exact) mass is 691 g/mol. The summed E-state index contributed by atoms with van der Waals surface area (Å²) in [6, 6.07) is 10.1. The molecule has 10 nitrogen and oxygen atoms in total. The van der Waals surface area contributed by atoms with E-state index in [0.29, 0.717) is 28.9 Å². The van der Waals surface area contributed by atoms with E-state index in [-0.39, 0.29) is 29.5 Å². The lowest BCUT2D eigenvalue weighted by Crippen LogP contribution is -2.55. The van der Waals surface area contributed by atoms with Crippen molar-refractivity contribution in [3.63, 3.8) is 0 Å². The van der Waals surface area contributed by atoms with Gasteiger partial charge in [0.25, 0.3) is 11.5 Å². The highest BCUT2D eigenvalue weighted by Crippen LogP contribution is 2.52. The van der Waals surface area contributed by atoms with Gasteiger partial charge < -0.3 is 20.1 Å². The molecule has 51 heavy (non-hydrogen) atoms. The van der Waals surface area contributed by atoms with E-state index >= 15 is 0 Å². The van der Waals surface area contributed by atoms with Gasteiger partial charge in [-0.2, -0.15) is 5.10 Å². The molecule has 2 bridgehead atoms. The quantitative estimate of drug-likeness (QED) is 0.210. The fourth-order valence-corrected chi connectivity index (χ4v) is 9.53. The molecule has 1 saturated heterocycles. The third kappa shape index (κ3) is 6.81. The van der Waals surface area contributed by atoms with Gasteiger partial charge in [0, 0.05) is 72.6 Å². The standard InChI is InChI=1S/C41H53N7O3/c1-7-41(20-29-14-26(4)15-30(17-29)21-41)40(51)47-12-10-46(11-13-47)37-9-8-31(22-42-37)32-18-33(35-24-44-48(25(2)3)36(35)19-32)38(49)43-23-34-27(5)16-28(6)45-39(34)50/h8-9,16,18-19,22,24-26,29-30H,7,10-15,17,20-21,23H2,1-6H3,(H,43,49)(H,45,50). The predicted octanol–water partition coefficient (Wildman–Crippen LogP) is 6.81. The summed E-state index contributed by atoms with van der Waals surface area (Å²) in [7, 11) is 0. The molecule has 2 saturated carbocycles. The molecule has 1 aromatic carbocycles. The summed E-state index contributed by atoms with van der Waals surface area (Å²) in [5.74, 6) is 3.20. The highest BCUT2D eigenvalue weighted by atomic mass is 16.2. The van der Waals surface area contributed by atoms with Crippen molar-refractivity contribution < 1.29 is 9.59 Å². The lowest BCUT2D eigenvalue weighted by atomic mass is 9.57. The normalized spacial score (nSPS) is 23.5. The van der Waals surface area contributed by atoms with Crippen LogP contribution in [0.5, 0.6) is 0 Å². The number of aromatic nitrogens is 4. The number of carbonyl (C=O) groups excluding carboxylic acids is 2. The topological polar surface area (TPSA) is 116 Å². The van der Waals surface area contributed by atoms with Crippen LogP contribution in [0.1, 0.15) is 99.4 Å². The number of rotatable bonds is 8. The van der Waals surface area contributed by atoms with Crippen molar-refractivity contribution in [2.45, 2.75) is 92.7 Å². The summed E-state index contributed by atoms with van der Waals surface area (Å²) in [5, 5.41) is 8.35. The zero-order valence-electron chi connectivity index (χ0n) is 31.1. The summed E-state index contributed by atoms with van der Waals surface area (Å²) in [6.07, 6.45) is 10.5. The lowest BCUT2D eigenvalue weighted by Gasteiger charge is -2.50. The van der Waals surface area contributed by atoms with Gasteiger partial charge in [-0.15, -0.1) is 0 Å². The van der Waals surface area contributed by atoms with Crippen molar-refractivity contribution in [2.24, 2.45) is 23.2 Å². The van der Waals surface area contributed by atoms with E-state index in [4.69, 9.17) is 4.98 Å². The molecule has 4 aromatic rings. The molecule has 3 aliphatic rings. The van der Waals surface area contributed by atoms with Crippen molar-refractivity contribution in [1.29, 1.82) is 0 Å². The number of hydrogen-bond acceptors (Lipinski definition) is 6. The summed E-state index contributed by atoms with van der Waals surface area (Å²) >= 11 is 0. The molecule has 1 aliphatic heterocycles. The minimum Gasteiger partial charge on any atom is -0.353 e. The Hall–Kier alpha value is -4.47. The smallest absolute Gasteiger partial charge is 0.253 e. The van der Waals surface area contributed by atoms with Crippen LogP contribution < -0.4 is 15.8 Å².